The van der Waals surface area contributed by atoms with Crippen molar-refractivity contribution in [1.29, 1.82) is 0 Å². The van der Waals surface area contributed by atoms with E-state index in [0.29, 0.717) is 5.82 Å². The maximum absolute atomic E-state index is 5.49. The van der Waals surface area contributed by atoms with E-state index in [-0.39, 0.29) is 5.92 Å². The van der Waals surface area contributed by atoms with Gasteiger partial charge in [-0.2, -0.15) is 0 Å². The molecule has 0 bridgehead atoms. The fraction of sp³-hybridized carbons (Fsp3) is 0.400. The summed E-state index contributed by atoms with van der Waals surface area (Å²) in [6.07, 6.45) is 0. The quantitative estimate of drug-likeness (QED) is 0.504. The Bertz CT molecular complexity index is 525. The molecule has 3 N–H and O–H groups in total. The maximum atomic E-state index is 5.49. The van der Waals surface area contributed by atoms with E-state index < -0.39 is 0 Å². The number of hydrogen-bond donors (Lipinski definition) is 2. The van der Waals surface area contributed by atoms with E-state index in [1.807, 2.05) is 20.8 Å². The molecular formula is C10H14N6S2. The summed E-state index contributed by atoms with van der Waals surface area (Å²) in [4.78, 5) is 8.94. The molecule has 0 aromatic carbocycles. The lowest BCUT2D eigenvalue weighted by molar-refractivity contribution is 0.748. The number of nitrogens with two attached hydrogens (primary N) is 1. The predicted molar refractivity (Wildman–Crippen MR) is 72.7 cm³/mol. The number of hydrazine groups is 1. The van der Waals surface area contributed by atoms with Gasteiger partial charge in [-0.25, -0.2) is 15.8 Å². The molecule has 18 heavy (non-hydrogen) atoms. The van der Waals surface area contributed by atoms with E-state index in [1.54, 1.807) is 5.51 Å². The van der Waals surface area contributed by atoms with Crippen molar-refractivity contribution in [3.05, 3.63) is 16.9 Å². The van der Waals surface area contributed by atoms with Crippen molar-refractivity contribution in [2.75, 3.05) is 5.43 Å². The van der Waals surface area contributed by atoms with Crippen LogP contribution >= 0.6 is 23.1 Å². The van der Waals surface area contributed by atoms with Crippen molar-refractivity contribution in [3.63, 3.8) is 0 Å². The zero-order valence-electron chi connectivity index (χ0n) is 10.3. The van der Waals surface area contributed by atoms with Crippen LogP contribution in [0, 0.1) is 6.92 Å². The summed E-state index contributed by atoms with van der Waals surface area (Å²) in [5, 5.41) is 8.67. The molecule has 2 rings (SSSR count). The highest BCUT2D eigenvalue weighted by Gasteiger charge is 2.14. The fourth-order valence-corrected chi connectivity index (χ4v) is 2.78. The van der Waals surface area contributed by atoms with Crippen molar-refractivity contribution >= 4 is 28.9 Å². The highest BCUT2D eigenvalue weighted by Crippen LogP contribution is 2.32. The number of nitrogen functional groups attached to an aromatic ring is 1. The SMILES string of the molecule is Cc1c(NN)nc(C(C)C)nc1Sc1nncs1. The van der Waals surface area contributed by atoms with Gasteiger partial charge in [-0.1, -0.05) is 25.2 Å². The van der Waals surface area contributed by atoms with Crippen LogP contribution < -0.4 is 11.3 Å². The largest absolute Gasteiger partial charge is 0.308 e. The molecule has 0 spiro atoms. The van der Waals surface area contributed by atoms with Crippen molar-refractivity contribution in [2.45, 2.75) is 36.1 Å². The summed E-state index contributed by atoms with van der Waals surface area (Å²) in [7, 11) is 0. The van der Waals surface area contributed by atoms with Crippen LogP contribution in [0.3, 0.4) is 0 Å². The molecule has 0 aliphatic carbocycles. The molecule has 0 fully saturated rings. The zero-order chi connectivity index (χ0) is 13.1. The van der Waals surface area contributed by atoms with Crippen molar-refractivity contribution in [3.8, 4) is 0 Å². The number of rotatable bonds is 4. The predicted octanol–water partition coefficient (Wildman–Crippen LogP) is 2.20. The van der Waals surface area contributed by atoms with E-state index in [2.05, 4.69) is 25.6 Å². The van der Waals surface area contributed by atoms with Crippen molar-refractivity contribution in [2.24, 2.45) is 5.84 Å². The van der Waals surface area contributed by atoms with Crippen molar-refractivity contribution in [1.82, 2.24) is 20.2 Å². The minimum Gasteiger partial charge on any atom is -0.308 e. The van der Waals surface area contributed by atoms with Crippen LogP contribution in [0.1, 0.15) is 31.2 Å². The van der Waals surface area contributed by atoms with E-state index in [9.17, 15) is 0 Å². The zero-order valence-corrected chi connectivity index (χ0v) is 12.0. The van der Waals surface area contributed by atoms with E-state index in [1.165, 1.54) is 23.1 Å². The van der Waals surface area contributed by atoms with Gasteiger partial charge in [0.05, 0.1) is 0 Å². The second-order valence-electron chi connectivity index (χ2n) is 3.97. The van der Waals surface area contributed by atoms with Crippen LogP contribution in [0.2, 0.25) is 0 Å². The van der Waals surface area contributed by atoms with Gasteiger partial charge in [0.1, 0.15) is 22.2 Å². The minimum absolute atomic E-state index is 0.242. The van der Waals surface area contributed by atoms with Crippen LogP contribution in [0.25, 0.3) is 0 Å². The smallest absolute Gasteiger partial charge is 0.180 e. The van der Waals surface area contributed by atoms with E-state index >= 15 is 0 Å². The Morgan fingerprint density at radius 3 is 2.72 bits per heavy atom. The first-order valence-corrected chi connectivity index (χ1v) is 7.10. The van der Waals surface area contributed by atoms with Crippen LogP contribution in [0.5, 0.6) is 0 Å². The summed E-state index contributed by atoms with van der Waals surface area (Å²) in [5.41, 5.74) is 5.23. The number of hydrogen-bond acceptors (Lipinski definition) is 8. The Morgan fingerprint density at radius 2 is 2.17 bits per heavy atom. The number of nitrogens with one attached hydrogen (secondary N) is 1. The summed E-state index contributed by atoms with van der Waals surface area (Å²) in [6, 6.07) is 0. The number of nitrogens with zero attached hydrogens (tertiary/aromatic N) is 4. The molecule has 2 aromatic heterocycles. The highest BCUT2D eigenvalue weighted by atomic mass is 32.2. The maximum Gasteiger partial charge on any atom is 0.180 e. The van der Waals surface area contributed by atoms with Gasteiger partial charge in [-0.3, -0.25) is 0 Å². The minimum atomic E-state index is 0.242. The summed E-state index contributed by atoms with van der Waals surface area (Å²) in [6.45, 7) is 6.03. The Hall–Kier alpha value is -1.25. The monoisotopic (exact) mass is 282 g/mol. The van der Waals surface area contributed by atoms with Gasteiger partial charge in [0, 0.05) is 11.5 Å². The van der Waals surface area contributed by atoms with Gasteiger partial charge in [0.15, 0.2) is 4.34 Å². The molecule has 6 nitrogen and oxygen atoms in total. The van der Waals surface area contributed by atoms with Gasteiger partial charge in [-0.15, -0.1) is 10.2 Å². The average Bonchev–Trinajstić information content (AvgIpc) is 2.84. The molecule has 2 aromatic rings. The third-order valence-electron chi connectivity index (χ3n) is 2.30. The van der Waals surface area contributed by atoms with E-state index in [4.69, 9.17) is 5.84 Å². The van der Waals surface area contributed by atoms with Crippen molar-refractivity contribution < 1.29 is 0 Å². The topological polar surface area (TPSA) is 89.6 Å². The second kappa shape index (κ2) is 5.59. The van der Waals surface area contributed by atoms with E-state index in [0.717, 1.165) is 20.8 Å². The van der Waals surface area contributed by atoms with Gasteiger partial charge in [-0.05, 0) is 18.7 Å². The summed E-state index contributed by atoms with van der Waals surface area (Å²) in [5.74, 6) is 7.15. The standard InChI is InChI=1S/C10H14N6S2/c1-5(2)7-13-8(15-11)6(3)9(14-7)18-10-16-12-4-17-10/h4-5H,11H2,1-3H3,(H,13,14,15). The average molecular weight is 282 g/mol. The molecule has 0 amide bonds. The molecule has 0 atom stereocenters. The van der Waals surface area contributed by atoms with Gasteiger partial charge in [0.25, 0.3) is 0 Å². The molecular weight excluding hydrogens is 268 g/mol. The lowest BCUT2D eigenvalue weighted by Gasteiger charge is -2.12. The van der Waals surface area contributed by atoms with Gasteiger partial charge < -0.3 is 5.43 Å². The molecule has 96 valence electrons. The first-order valence-electron chi connectivity index (χ1n) is 5.41. The van der Waals surface area contributed by atoms with Crippen LogP contribution in [0.4, 0.5) is 5.82 Å². The molecule has 0 aliphatic heterocycles. The first-order chi connectivity index (χ1) is 8.61. The van der Waals surface area contributed by atoms with Crippen LogP contribution in [-0.2, 0) is 0 Å². The number of anilines is 1. The highest BCUT2D eigenvalue weighted by molar-refractivity contribution is 8.01. The molecule has 0 saturated heterocycles. The molecule has 0 aliphatic rings. The molecule has 0 saturated carbocycles. The third kappa shape index (κ3) is 2.77. The fourth-order valence-electron chi connectivity index (χ4n) is 1.30. The van der Waals surface area contributed by atoms with Crippen LogP contribution in [0.15, 0.2) is 14.9 Å². The first kappa shape index (κ1) is 13.2. The Balaban J connectivity index is 2.41. The Morgan fingerprint density at radius 1 is 1.39 bits per heavy atom. The Kier molecular flexibility index (Phi) is 4.10. The van der Waals surface area contributed by atoms with Gasteiger partial charge in [0.2, 0.25) is 0 Å². The van der Waals surface area contributed by atoms with Gasteiger partial charge >= 0.3 is 0 Å². The second-order valence-corrected chi connectivity index (χ2v) is 6.04. The normalized spacial score (nSPS) is 10.9. The number of aromatic nitrogens is 4. The molecule has 8 heteroatoms. The summed E-state index contributed by atoms with van der Waals surface area (Å²) >= 11 is 2.96. The molecule has 0 radical (unpaired) electrons. The molecule has 0 unspecified atom stereocenters. The Labute approximate surface area is 113 Å². The van der Waals surface area contributed by atoms with Crippen LogP contribution in [-0.4, -0.2) is 20.2 Å². The third-order valence-corrected chi connectivity index (χ3v) is 4.16. The lowest BCUT2D eigenvalue weighted by Crippen LogP contribution is -2.13. The summed E-state index contributed by atoms with van der Waals surface area (Å²) < 4.78 is 0.856. The lowest BCUT2D eigenvalue weighted by atomic mass is 10.2. The molecule has 2 heterocycles.